The van der Waals surface area contributed by atoms with Crippen LogP contribution in [0.5, 0.6) is 0 Å². The molecule has 106 valence electrons. The van der Waals surface area contributed by atoms with Crippen LogP contribution in [0.2, 0.25) is 0 Å². The standard InChI is InChI=1S/C18H24N2/c1-14-16-6-4-5-7-17(16)15(12-19-14)13-20-10-8-18(2,3)9-11-20/h4-7,12H,8-11,13H2,1-3H3. The van der Waals surface area contributed by atoms with E-state index in [1.165, 1.54) is 42.3 Å². The average molecular weight is 268 g/mol. The summed E-state index contributed by atoms with van der Waals surface area (Å²) in [6.07, 6.45) is 4.66. The second kappa shape index (κ2) is 5.17. The predicted molar refractivity (Wildman–Crippen MR) is 84.8 cm³/mol. The van der Waals surface area contributed by atoms with Gasteiger partial charge in [-0.05, 0) is 49.2 Å². The maximum absolute atomic E-state index is 4.57. The largest absolute Gasteiger partial charge is 0.299 e. The molecule has 1 aromatic heterocycles. The molecule has 2 nitrogen and oxygen atoms in total. The van der Waals surface area contributed by atoms with E-state index in [0.717, 1.165) is 12.2 Å². The molecule has 1 aromatic carbocycles. The summed E-state index contributed by atoms with van der Waals surface area (Å²) in [4.78, 5) is 7.15. The number of piperidine rings is 1. The summed E-state index contributed by atoms with van der Waals surface area (Å²) >= 11 is 0. The Balaban J connectivity index is 1.83. The number of rotatable bonds is 2. The number of aromatic nitrogens is 1. The highest BCUT2D eigenvalue weighted by Gasteiger charge is 2.25. The minimum Gasteiger partial charge on any atom is -0.299 e. The van der Waals surface area contributed by atoms with Crippen molar-refractivity contribution in [3.8, 4) is 0 Å². The zero-order chi connectivity index (χ0) is 14.2. The molecule has 0 spiro atoms. The maximum Gasteiger partial charge on any atom is 0.0451 e. The van der Waals surface area contributed by atoms with Crippen LogP contribution >= 0.6 is 0 Å². The molecule has 0 unspecified atom stereocenters. The molecule has 1 aliphatic rings. The van der Waals surface area contributed by atoms with E-state index in [0.29, 0.717) is 5.41 Å². The Morgan fingerprint density at radius 2 is 1.75 bits per heavy atom. The van der Waals surface area contributed by atoms with Crippen molar-refractivity contribution in [3.05, 3.63) is 41.7 Å². The van der Waals surface area contributed by atoms with Gasteiger partial charge >= 0.3 is 0 Å². The van der Waals surface area contributed by atoms with Gasteiger partial charge in [-0.2, -0.15) is 0 Å². The first-order chi connectivity index (χ1) is 9.55. The van der Waals surface area contributed by atoms with Crippen molar-refractivity contribution in [1.82, 2.24) is 9.88 Å². The van der Waals surface area contributed by atoms with Gasteiger partial charge < -0.3 is 0 Å². The fourth-order valence-corrected chi connectivity index (χ4v) is 3.08. The van der Waals surface area contributed by atoms with Gasteiger partial charge in [-0.25, -0.2) is 0 Å². The monoisotopic (exact) mass is 268 g/mol. The molecule has 2 heteroatoms. The molecule has 0 N–H and O–H groups in total. The van der Waals surface area contributed by atoms with Gasteiger partial charge in [0.1, 0.15) is 0 Å². The minimum absolute atomic E-state index is 0.518. The summed E-state index contributed by atoms with van der Waals surface area (Å²) in [6, 6.07) is 8.64. The second-order valence-electron chi connectivity index (χ2n) is 6.85. The van der Waals surface area contributed by atoms with Crippen LogP contribution < -0.4 is 0 Å². The molecule has 0 bridgehead atoms. The fraction of sp³-hybridized carbons (Fsp3) is 0.500. The van der Waals surface area contributed by atoms with Crippen LogP contribution in [0, 0.1) is 12.3 Å². The van der Waals surface area contributed by atoms with Crippen molar-refractivity contribution in [2.45, 2.75) is 40.2 Å². The van der Waals surface area contributed by atoms with Crippen LogP contribution in [0.1, 0.15) is 37.9 Å². The Kier molecular flexibility index (Phi) is 3.51. The summed E-state index contributed by atoms with van der Waals surface area (Å²) in [6.45, 7) is 10.3. The molecular weight excluding hydrogens is 244 g/mol. The van der Waals surface area contributed by atoms with E-state index in [1.807, 2.05) is 0 Å². The smallest absolute Gasteiger partial charge is 0.0451 e. The molecule has 0 saturated carbocycles. The number of nitrogens with zero attached hydrogens (tertiary/aromatic N) is 2. The highest BCUT2D eigenvalue weighted by Crippen LogP contribution is 2.31. The molecule has 0 atom stereocenters. The Hall–Kier alpha value is -1.41. The van der Waals surface area contributed by atoms with Gasteiger partial charge in [0.2, 0.25) is 0 Å². The lowest BCUT2D eigenvalue weighted by Gasteiger charge is -2.37. The summed E-state index contributed by atoms with van der Waals surface area (Å²) in [5, 5.41) is 2.66. The summed E-state index contributed by atoms with van der Waals surface area (Å²) < 4.78 is 0. The first kappa shape index (κ1) is 13.6. The van der Waals surface area contributed by atoms with E-state index in [9.17, 15) is 0 Å². The quantitative estimate of drug-likeness (QED) is 0.813. The number of hydrogen-bond donors (Lipinski definition) is 0. The number of aryl methyl sites for hydroxylation is 1. The van der Waals surface area contributed by atoms with E-state index in [-0.39, 0.29) is 0 Å². The van der Waals surface area contributed by atoms with Crippen molar-refractivity contribution in [1.29, 1.82) is 0 Å². The minimum atomic E-state index is 0.518. The molecule has 0 radical (unpaired) electrons. The molecule has 1 fully saturated rings. The van der Waals surface area contributed by atoms with Crippen molar-refractivity contribution in [2.75, 3.05) is 13.1 Å². The highest BCUT2D eigenvalue weighted by atomic mass is 15.1. The van der Waals surface area contributed by atoms with Gasteiger partial charge in [-0.3, -0.25) is 9.88 Å². The molecule has 20 heavy (non-hydrogen) atoms. The number of fused-ring (bicyclic) bond motifs is 1. The van der Waals surface area contributed by atoms with Gasteiger partial charge in [0.05, 0.1) is 0 Å². The number of pyridine rings is 1. The third-order valence-corrected chi connectivity index (χ3v) is 4.68. The lowest BCUT2D eigenvalue weighted by Crippen LogP contribution is -2.36. The zero-order valence-corrected chi connectivity index (χ0v) is 12.8. The van der Waals surface area contributed by atoms with Gasteiger partial charge in [0, 0.05) is 23.8 Å². The Morgan fingerprint density at radius 1 is 1.10 bits per heavy atom. The summed E-state index contributed by atoms with van der Waals surface area (Å²) in [7, 11) is 0. The Bertz CT molecular complexity index is 606. The first-order valence-electron chi connectivity index (χ1n) is 7.61. The van der Waals surface area contributed by atoms with Crippen LogP contribution in [0.15, 0.2) is 30.5 Å². The molecule has 3 rings (SSSR count). The van der Waals surface area contributed by atoms with Crippen molar-refractivity contribution < 1.29 is 0 Å². The molecule has 0 aliphatic carbocycles. The van der Waals surface area contributed by atoms with Crippen LogP contribution in [0.3, 0.4) is 0 Å². The highest BCUT2D eigenvalue weighted by molar-refractivity contribution is 5.87. The lowest BCUT2D eigenvalue weighted by molar-refractivity contribution is 0.127. The third-order valence-electron chi connectivity index (χ3n) is 4.68. The number of hydrogen-bond acceptors (Lipinski definition) is 2. The predicted octanol–water partition coefficient (Wildman–Crippen LogP) is 4.17. The SMILES string of the molecule is Cc1ncc(CN2CCC(C)(C)CC2)c2ccccc12. The van der Waals surface area contributed by atoms with E-state index in [4.69, 9.17) is 0 Å². The van der Waals surface area contributed by atoms with Gasteiger partial charge in [-0.1, -0.05) is 38.1 Å². The Morgan fingerprint density at radius 3 is 2.45 bits per heavy atom. The second-order valence-corrected chi connectivity index (χ2v) is 6.85. The van der Waals surface area contributed by atoms with E-state index >= 15 is 0 Å². The molecule has 1 aliphatic heterocycles. The average Bonchev–Trinajstić information content (AvgIpc) is 2.44. The molecule has 1 saturated heterocycles. The van der Waals surface area contributed by atoms with Crippen LogP contribution in [-0.2, 0) is 6.54 Å². The molecular formula is C18H24N2. The van der Waals surface area contributed by atoms with Gasteiger partial charge in [0.25, 0.3) is 0 Å². The first-order valence-corrected chi connectivity index (χ1v) is 7.61. The summed E-state index contributed by atoms with van der Waals surface area (Å²) in [5.74, 6) is 0. The topological polar surface area (TPSA) is 16.1 Å². The van der Waals surface area contributed by atoms with Crippen LogP contribution in [0.25, 0.3) is 10.8 Å². The molecule has 0 amide bonds. The summed E-state index contributed by atoms with van der Waals surface area (Å²) in [5.41, 5.74) is 3.01. The zero-order valence-electron chi connectivity index (χ0n) is 12.8. The normalized spacial score (nSPS) is 19.4. The fourth-order valence-electron chi connectivity index (χ4n) is 3.08. The van der Waals surface area contributed by atoms with Crippen molar-refractivity contribution in [3.63, 3.8) is 0 Å². The molecule has 2 aromatic rings. The maximum atomic E-state index is 4.57. The van der Waals surface area contributed by atoms with E-state index in [2.05, 4.69) is 61.1 Å². The Labute approximate surface area is 121 Å². The third kappa shape index (κ3) is 2.71. The van der Waals surface area contributed by atoms with Gasteiger partial charge in [-0.15, -0.1) is 0 Å². The van der Waals surface area contributed by atoms with Crippen molar-refractivity contribution >= 4 is 10.8 Å². The van der Waals surface area contributed by atoms with E-state index < -0.39 is 0 Å². The lowest BCUT2D eigenvalue weighted by atomic mass is 9.82. The van der Waals surface area contributed by atoms with Crippen LogP contribution in [-0.4, -0.2) is 23.0 Å². The molecule has 2 heterocycles. The van der Waals surface area contributed by atoms with Crippen LogP contribution in [0.4, 0.5) is 0 Å². The van der Waals surface area contributed by atoms with E-state index in [1.54, 1.807) is 0 Å². The number of benzene rings is 1. The van der Waals surface area contributed by atoms with Gasteiger partial charge in [0.15, 0.2) is 0 Å². The van der Waals surface area contributed by atoms with Crippen molar-refractivity contribution in [2.24, 2.45) is 5.41 Å². The number of likely N-dealkylation sites (tertiary alicyclic amines) is 1.